The Bertz CT molecular complexity index is 206. The van der Waals surface area contributed by atoms with Gasteiger partial charge in [-0.25, -0.2) is 12.8 Å². The van der Waals surface area contributed by atoms with Crippen LogP contribution in [0.5, 0.6) is 0 Å². The maximum atomic E-state index is 12.7. The topological polar surface area (TPSA) is 54.4 Å². The SMILES string of the molecule is O=S1(=O)CC[C@@H](O)[C@H](F)CC1. The number of hydrogen-bond donors (Lipinski definition) is 1. The Kier molecular flexibility index (Phi) is 2.49. The lowest BCUT2D eigenvalue weighted by atomic mass is 10.1. The van der Waals surface area contributed by atoms with Crippen LogP contribution in [-0.2, 0) is 9.84 Å². The van der Waals surface area contributed by atoms with Crippen LogP contribution in [-0.4, -0.2) is 37.3 Å². The van der Waals surface area contributed by atoms with Crippen LogP contribution in [0, 0.1) is 0 Å². The number of aliphatic hydroxyl groups excluding tert-OH is 1. The van der Waals surface area contributed by atoms with Crippen LogP contribution < -0.4 is 0 Å². The fraction of sp³-hybridized carbons (Fsp3) is 1.00. The summed E-state index contributed by atoms with van der Waals surface area (Å²) < 4.78 is 34.4. The molecule has 66 valence electrons. The van der Waals surface area contributed by atoms with Crippen molar-refractivity contribution in [2.24, 2.45) is 0 Å². The largest absolute Gasteiger partial charge is 0.390 e. The highest BCUT2D eigenvalue weighted by atomic mass is 32.2. The molecule has 0 bridgehead atoms. The summed E-state index contributed by atoms with van der Waals surface area (Å²) in [5.74, 6) is -0.222. The van der Waals surface area contributed by atoms with Crippen molar-refractivity contribution < 1.29 is 17.9 Å². The molecule has 1 rings (SSSR count). The number of halogens is 1. The quantitative estimate of drug-likeness (QED) is 0.569. The van der Waals surface area contributed by atoms with Gasteiger partial charge in [0.25, 0.3) is 0 Å². The van der Waals surface area contributed by atoms with Gasteiger partial charge < -0.3 is 5.11 Å². The van der Waals surface area contributed by atoms with E-state index in [1.807, 2.05) is 0 Å². The summed E-state index contributed by atoms with van der Waals surface area (Å²) in [5.41, 5.74) is 0. The number of sulfone groups is 1. The molecule has 1 aliphatic rings. The van der Waals surface area contributed by atoms with Gasteiger partial charge in [-0.2, -0.15) is 0 Å². The van der Waals surface area contributed by atoms with Crippen LogP contribution in [0.2, 0.25) is 0 Å². The van der Waals surface area contributed by atoms with Gasteiger partial charge in [0.15, 0.2) is 9.84 Å². The standard InChI is InChI=1S/C6H11FO3S/c7-5-1-3-11(9,10)4-2-6(5)8/h5-6,8H,1-4H2/t5-,6-/m1/s1. The maximum absolute atomic E-state index is 12.7. The van der Waals surface area contributed by atoms with Crippen molar-refractivity contribution >= 4 is 9.84 Å². The molecule has 0 aromatic carbocycles. The van der Waals surface area contributed by atoms with Crippen molar-refractivity contribution in [2.75, 3.05) is 11.5 Å². The fourth-order valence-corrected chi connectivity index (χ4v) is 2.46. The van der Waals surface area contributed by atoms with Gasteiger partial charge in [-0.1, -0.05) is 0 Å². The Hall–Kier alpha value is -0.160. The molecule has 1 aliphatic heterocycles. The number of rotatable bonds is 0. The van der Waals surface area contributed by atoms with Crippen LogP contribution in [0.1, 0.15) is 12.8 Å². The molecule has 1 fully saturated rings. The fourth-order valence-electron chi connectivity index (χ4n) is 1.07. The first-order valence-electron chi connectivity index (χ1n) is 3.54. The summed E-state index contributed by atoms with van der Waals surface area (Å²) in [6.45, 7) is 0. The summed E-state index contributed by atoms with van der Waals surface area (Å²) in [4.78, 5) is 0. The summed E-state index contributed by atoms with van der Waals surface area (Å²) in [5, 5.41) is 8.95. The molecule has 2 atom stereocenters. The highest BCUT2D eigenvalue weighted by molar-refractivity contribution is 7.91. The van der Waals surface area contributed by atoms with Gasteiger partial charge in [0, 0.05) is 0 Å². The summed E-state index contributed by atoms with van der Waals surface area (Å²) >= 11 is 0. The lowest BCUT2D eigenvalue weighted by molar-refractivity contribution is 0.0759. The molecule has 5 heteroatoms. The first-order chi connectivity index (χ1) is 5.01. The molecule has 0 aliphatic carbocycles. The molecule has 0 radical (unpaired) electrons. The molecular formula is C6H11FO3S. The van der Waals surface area contributed by atoms with Gasteiger partial charge in [0.05, 0.1) is 17.6 Å². The normalized spacial score (nSPS) is 38.0. The van der Waals surface area contributed by atoms with E-state index in [1.165, 1.54) is 0 Å². The van der Waals surface area contributed by atoms with Gasteiger partial charge in [-0.15, -0.1) is 0 Å². The molecule has 0 aromatic heterocycles. The van der Waals surface area contributed by atoms with E-state index >= 15 is 0 Å². The van der Waals surface area contributed by atoms with Gasteiger partial charge >= 0.3 is 0 Å². The third kappa shape index (κ3) is 2.41. The Morgan fingerprint density at radius 3 is 2.45 bits per heavy atom. The van der Waals surface area contributed by atoms with Gasteiger partial charge in [-0.05, 0) is 12.8 Å². The van der Waals surface area contributed by atoms with Crippen LogP contribution in [0.4, 0.5) is 4.39 Å². The molecule has 11 heavy (non-hydrogen) atoms. The minimum Gasteiger partial charge on any atom is -0.390 e. The number of hydrogen-bond acceptors (Lipinski definition) is 3. The van der Waals surface area contributed by atoms with Crippen molar-refractivity contribution in [3.63, 3.8) is 0 Å². The molecule has 1 heterocycles. The predicted molar refractivity (Wildman–Crippen MR) is 38.8 cm³/mol. The average molecular weight is 182 g/mol. The zero-order valence-electron chi connectivity index (χ0n) is 6.03. The number of aliphatic hydroxyl groups is 1. The summed E-state index contributed by atoms with van der Waals surface area (Å²) in [6, 6.07) is 0. The highest BCUT2D eigenvalue weighted by Crippen LogP contribution is 2.15. The van der Waals surface area contributed by atoms with E-state index < -0.39 is 22.1 Å². The van der Waals surface area contributed by atoms with Crippen LogP contribution in [0.15, 0.2) is 0 Å². The Balaban J connectivity index is 2.66. The molecule has 0 spiro atoms. The van der Waals surface area contributed by atoms with Crippen molar-refractivity contribution in [3.05, 3.63) is 0 Å². The monoisotopic (exact) mass is 182 g/mol. The average Bonchev–Trinajstić information content (AvgIpc) is 2.03. The molecule has 0 unspecified atom stereocenters. The zero-order valence-corrected chi connectivity index (χ0v) is 6.85. The van der Waals surface area contributed by atoms with Crippen LogP contribution in [0.25, 0.3) is 0 Å². The van der Waals surface area contributed by atoms with Gasteiger partial charge in [0.2, 0.25) is 0 Å². The van der Waals surface area contributed by atoms with Crippen molar-refractivity contribution in [1.29, 1.82) is 0 Å². The zero-order chi connectivity index (χ0) is 8.48. The van der Waals surface area contributed by atoms with E-state index in [2.05, 4.69) is 0 Å². The Labute approximate surface area is 65.1 Å². The molecule has 3 nitrogen and oxygen atoms in total. The van der Waals surface area contributed by atoms with Crippen LogP contribution in [0.3, 0.4) is 0 Å². The van der Waals surface area contributed by atoms with Gasteiger partial charge in [-0.3, -0.25) is 0 Å². The predicted octanol–water partition coefficient (Wildman–Crippen LogP) is -0.106. The Morgan fingerprint density at radius 2 is 1.82 bits per heavy atom. The number of alkyl halides is 1. The molecule has 0 aromatic rings. The van der Waals surface area contributed by atoms with E-state index in [0.29, 0.717) is 0 Å². The third-order valence-electron chi connectivity index (χ3n) is 1.85. The lowest BCUT2D eigenvalue weighted by Gasteiger charge is -2.08. The minimum absolute atomic E-state index is 0.0313. The summed E-state index contributed by atoms with van der Waals surface area (Å²) in [6.07, 6.45) is -2.49. The minimum atomic E-state index is -3.09. The highest BCUT2D eigenvalue weighted by Gasteiger charge is 2.27. The van der Waals surface area contributed by atoms with E-state index in [4.69, 9.17) is 5.11 Å². The van der Waals surface area contributed by atoms with E-state index in [9.17, 15) is 12.8 Å². The molecule has 0 amide bonds. The first kappa shape index (κ1) is 8.93. The van der Waals surface area contributed by atoms with Crippen molar-refractivity contribution in [1.82, 2.24) is 0 Å². The van der Waals surface area contributed by atoms with Crippen LogP contribution >= 0.6 is 0 Å². The van der Waals surface area contributed by atoms with Gasteiger partial charge in [0.1, 0.15) is 6.17 Å². The molecular weight excluding hydrogens is 171 g/mol. The summed E-state index contributed by atoms with van der Waals surface area (Å²) in [7, 11) is -3.09. The second-order valence-corrected chi connectivity index (χ2v) is 5.12. The Morgan fingerprint density at radius 1 is 1.27 bits per heavy atom. The van der Waals surface area contributed by atoms with E-state index in [1.54, 1.807) is 0 Å². The maximum Gasteiger partial charge on any atom is 0.150 e. The van der Waals surface area contributed by atoms with Crippen molar-refractivity contribution in [3.8, 4) is 0 Å². The molecule has 1 N–H and O–H groups in total. The first-order valence-corrected chi connectivity index (χ1v) is 5.36. The van der Waals surface area contributed by atoms with E-state index in [0.717, 1.165) is 0 Å². The molecule has 0 saturated carbocycles. The smallest absolute Gasteiger partial charge is 0.150 e. The van der Waals surface area contributed by atoms with E-state index in [-0.39, 0.29) is 24.3 Å². The second-order valence-electron chi connectivity index (χ2n) is 2.81. The molecule has 1 saturated heterocycles. The second kappa shape index (κ2) is 3.06. The lowest BCUT2D eigenvalue weighted by Crippen LogP contribution is -2.20. The third-order valence-corrected chi connectivity index (χ3v) is 3.56. The van der Waals surface area contributed by atoms with Crippen molar-refractivity contribution in [2.45, 2.75) is 25.1 Å².